The minimum absolute atomic E-state index is 0.114. The van der Waals surface area contributed by atoms with Crippen molar-refractivity contribution >= 4 is 22.8 Å². The summed E-state index contributed by atoms with van der Waals surface area (Å²) in [5, 5.41) is 8.36. The van der Waals surface area contributed by atoms with Crippen LogP contribution in [0, 0.1) is 10.8 Å². The van der Waals surface area contributed by atoms with E-state index in [1.807, 2.05) is 39.0 Å². The summed E-state index contributed by atoms with van der Waals surface area (Å²) in [6.45, 7) is 16.1. The van der Waals surface area contributed by atoms with Gasteiger partial charge >= 0.3 is 5.97 Å². The van der Waals surface area contributed by atoms with Gasteiger partial charge in [-0.3, -0.25) is 14.6 Å². The highest BCUT2D eigenvalue weighted by Crippen LogP contribution is 2.16. The lowest BCUT2D eigenvalue weighted by atomic mass is 9.97. The summed E-state index contributed by atoms with van der Waals surface area (Å²) in [6, 6.07) is 5.72. The average Bonchev–Trinajstić information content (AvgIpc) is 3.23. The zero-order valence-electron chi connectivity index (χ0n) is 39.7. The van der Waals surface area contributed by atoms with E-state index < -0.39 is 5.41 Å². The molecule has 0 unspecified atom stereocenters. The van der Waals surface area contributed by atoms with E-state index in [9.17, 15) is 9.59 Å². The highest BCUT2D eigenvalue weighted by Gasteiger charge is 2.22. The number of nitrogens with zero attached hydrogens (tertiary/aromatic N) is 1. The molecule has 1 aromatic rings. The van der Waals surface area contributed by atoms with Crippen molar-refractivity contribution in [3.63, 3.8) is 0 Å². The third-order valence-electron chi connectivity index (χ3n) is 7.86. The van der Waals surface area contributed by atoms with Gasteiger partial charge in [0.15, 0.2) is 0 Å². The minimum Gasteiger partial charge on any atom is -0.465 e. The Bertz CT molecular complexity index is 1390. The highest BCUT2D eigenvalue weighted by atomic mass is 35.5. The standard InChI is InChI=1S/C25H40O2.C20H32O.C5H9ClO.C5H5N/c1-5-6-7-8-9-10-11-12-13-14-15-16-17-18-19-20-21-22-23-27-24(26)25(2,3)4;1-2-3-4-5-6-7-8-9-10-11-12-13-14-15-16-17-18-19-20-21;1-5(2,3)4(6)7;1-2-4-6-5-3-1/h6-7,9-10,12-13,15-16,18-19H,5,8,11,14,17,20-23H2,1-4H3;3-4,6-7,9-10,12-13,15-16,21H,2,5,8,11,14,17-20H2,1H3;1-3H3;1-5H/b7-6-,10-9-,13-12-,16-15-,19-18-;4-3-,7-6-,10-9-,13-12-,16-15-;;. The molecule has 0 amide bonds. The number of hydrogen-bond acceptors (Lipinski definition) is 5. The Morgan fingerprint density at radius 2 is 0.803 bits per heavy atom. The molecule has 6 heteroatoms. The Balaban J connectivity index is -0.000000861. The minimum atomic E-state index is -0.399. The molecular weight excluding hydrogens is 774 g/mol. The monoisotopic (exact) mass is 860 g/mol. The zero-order valence-corrected chi connectivity index (χ0v) is 40.4. The molecule has 0 fully saturated rings. The number of allylic oxidation sites excluding steroid dienone is 20. The first kappa shape index (κ1) is 61.2. The number of aliphatic hydroxyl groups is 1. The summed E-state index contributed by atoms with van der Waals surface area (Å²) in [6.07, 6.45) is 64.2. The van der Waals surface area contributed by atoms with Crippen LogP contribution in [0.1, 0.15) is 158 Å². The van der Waals surface area contributed by atoms with Crippen molar-refractivity contribution in [2.75, 3.05) is 13.2 Å². The molecule has 0 saturated carbocycles. The van der Waals surface area contributed by atoms with Crippen LogP contribution in [0.25, 0.3) is 0 Å². The molecular formula is C55H86ClNO4. The Morgan fingerprint density at radius 1 is 0.492 bits per heavy atom. The second-order valence-corrected chi connectivity index (χ2v) is 16.4. The van der Waals surface area contributed by atoms with Gasteiger partial charge in [-0.2, -0.15) is 0 Å². The Labute approximate surface area is 380 Å². The van der Waals surface area contributed by atoms with Crippen LogP contribution in [0.15, 0.2) is 152 Å². The van der Waals surface area contributed by atoms with Crippen molar-refractivity contribution in [1.29, 1.82) is 0 Å². The van der Waals surface area contributed by atoms with E-state index in [4.69, 9.17) is 21.4 Å². The lowest BCUT2D eigenvalue weighted by Gasteiger charge is -2.16. The molecule has 0 spiro atoms. The maximum atomic E-state index is 11.6. The van der Waals surface area contributed by atoms with Crippen LogP contribution < -0.4 is 0 Å². The quantitative estimate of drug-likeness (QED) is 0.0413. The van der Waals surface area contributed by atoms with Crippen LogP contribution in [-0.4, -0.2) is 34.5 Å². The summed E-state index contributed by atoms with van der Waals surface area (Å²) in [5.74, 6) is -0.114. The van der Waals surface area contributed by atoms with Crippen molar-refractivity contribution in [2.45, 2.75) is 158 Å². The van der Waals surface area contributed by atoms with Gasteiger partial charge in [-0.25, -0.2) is 0 Å². The van der Waals surface area contributed by atoms with Crippen LogP contribution >= 0.6 is 11.6 Å². The number of aromatic nitrogens is 1. The molecule has 5 nitrogen and oxygen atoms in total. The largest absolute Gasteiger partial charge is 0.465 e. The topological polar surface area (TPSA) is 76.5 Å². The summed E-state index contributed by atoms with van der Waals surface area (Å²) in [4.78, 5) is 25.6. The maximum Gasteiger partial charge on any atom is 0.311 e. The number of carbonyl (C=O) groups is 2. The van der Waals surface area contributed by atoms with E-state index in [1.54, 1.807) is 33.2 Å². The van der Waals surface area contributed by atoms with Gasteiger partial charge in [0.05, 0.1) is 12.0 Å². The average molecular weight is 861 g/mol. The van der Waals surface area contributed by atoms with Crippen molar-refractivity contribution < 1.29 is 19.4 Å². The second kappa shape index (κ2) is 48.6. The van der Waals surface area contributed by atoms with Crippen molar-refractivity contribution in [2.24, 2.45) is 10.8 Å². The first-order valence-corrected chi connectivity index (χ1v) is 23.0. The lowest BCUT2D eigenvalue weighted by Crippen LogP contribution is -2.23. The van der Waals surface area contributed by atoms with Crippen molar-refractivity contribution in [1.82, 2.24) is 4.98 Å². The van der Waals surface area contributed by atoms with Crippen LogP contribution in [0.2, 0.25) is 0 Å². The Morgan fingerprint density at radius 3 is 1.05 bits per heavy atom. The number of unbranched alkanes of at least 4 members (excludes halogenated alkanes) is 4. The number of rotatable bonds is 27. The zero-order chi connectivity index (χ0) is 46.0. The number of esters is 1. The molecule has 61 heavy (non-hydrogen) atoms. The molecule has 0 aromatic carbocycles. The lowest BCUT2D eigenvalue weighted by molar-refractivity contribution is -0.153. The molecule has 0 aliphatic carbocycles. The van der Waals surface area contributed by atoms with Gasteiger partial charge in [0.1, 0.15) is 0 Å². The number of aliphatic hydroxyl groups excluding tert-OH is 1. The fourth-order valence-corrected chi connectivity index (χ4v) is 4.17. The van der Waals surface area contributed by atoms with Gasteiger partial charge in [-0.1, -0.05) is 162 Å². The van der Waals surface area contributed by atoms with E-state index in [2.05, 4.69) is 140 Å². The molecule has 0 aliphatic heterocycles. The van der Waals surface area contributed by atoms with E-state index in [0.717, 1.165) is 103 Å². The summed E-state index contributed by atoms with van der Waals surface area (Å²) >= 11 is 5.11. The van der Waals surface area contributed by atoms with Crippen molar-refractivity contribution in [3.05, 3.63) is 152 Å². The molecule has 1 aromatic heterocycles. The van der Waals surface area contributed by atoms with Crippen LogP contribution in [0.4, 0.5) is 0 Å². The molecule has 0 bridgehead atoms. The number of hydrogen-bond donors (Lipinski definition) is 1. The number of halogens is 1. The van der Waals surface area contributed by atoms with Crippen molar-refractivity contribution in [3.8, 4) is 0 Å². The summed E-state index contributed by atoms with van der Waals surface area (Å²) in [7, 11) is 0. The summed E-state index contributed by atoms with van der Waals surface area (Å²) < 4.78 is 5.25. The Kier molecular flexibility index (Phi) is 48.8. The molecule has 0 saturated heterocycles. The first-order valence-electron chi connectivity index (χ1n) is 22.7. The fraction of sp³-hybridized carbons (Fsp3) is 0.509. The third kappa shape index (κ3) is 58.1. The molecule has 1 heterocycles. The molecule has 0 radical (unpaired) electrons. The van der Waals surface area contributed by atoms with Gasteiger partial charge in [0, 0.05) is 24.4 Å². The normalized spacial score (nSPS) is 12.4. The molecule has 1 N–H and O–H groups in total. The third-order valence-corrected chi connectivity index (χ3v) is 8.43. The SMILES string of the molecule is CC(C)(C)C(=O)Cl.CC/C=C\C/C=C\C/C=C\C/C=C\C/C=C\CCCCO.CC/C=C\C/C=C\C/C=C\C/C=C\C/C=C\CCCCOC(=O)C(C)(C)C.c1ccncc1. The second-order valence-electron chi connectivity index (χ2n) is 16.1. The van der Waals surface area contributed by atoms with Gasteiger partial charge in [0.25, 0.3) is 0 Å². The summed E-state index contributed by atoms with van der Waals surface area (Å²) in [5.41, 5.74) is -0.772. The van der Waals surface area contributed by atoms with Crippen LogP contribution in [0.3, 0.4) is 0 Å². The number of ether oxygens (including phenoxy) is 1. The Hall–Kier alpha value is -4.06. The fourth-order valence-electron chi connectivity index (χ4n) is 4.17. The molecule has 1 rings (SSSR count). The smallest absolute Gasteiger partial charge is 0.311 e. The van der Waals surface area contributed by atoms with Crippen LogP contribution in [-0.2, 0) is 14.3 Å². The van der Waals surface area contributed by atoms with E-state index in [-0.39, 0.29) is 16.6 Å². The van der Waals surface area contributed by atoms with Gasteiger partial charge in [0.2, 0.25) is 5.24 Å². The van der Waals surface area contributed by atoms with E-state index in [1.165, 1.54) is 0 Å². The predicted octanol–water partition coefficient (Wildman–Crippen LogP) is 16.3. The number of carbonyl (C=O) groups excluding carboxylic acids is 2. The maximum absolute atomic E-state index is 11.6. The number of pyridine rings is 1. The molecule has 0 atom stereocenters. The van der Waals surface area contributed by atoms with Gasteiger partial charge in [-0.15, -0.1) is 0 Å². The van der Waals surface area contributed by atoms with E-state index >= 15 is 0 Å². The van der Waals surface area contributed by atoms with Gasteiger partial charge < -0.3 is 9.84 Å². The molecule has 342 valence electrons. The molecule has 0 aliphatic rings. The van der Waals surface area contributed by atoms with Gasteiger partial charge in [-0.05, 0) is 147 Å². The first-order chi connectivity index (χ1) is 29.3. The van der Waals surface area contributed by atoms with Crippen LogP contribution in [0.5, 0.6) is 0 Å². The predicted molar refractivity (Wildman–Crippen MR) is 269 cm³/mol. The highest BCUT2D eigenvalue weighted by molar-refractivity contribution is 6.64. The van der Waals surface area contributed by atoms with E-state index in [0.29, 0.717) is 13.2 Å².